The summed E-state index contributed by atoms with van der Waals surface area (Å²) in [6, 6.07) is 6.03. The molecule has 0 saturated carbocycles. The van der Waals surface area contributed by atoms with Crippen molar-refractivity contribution in [1.82, 2.24) is 0 Å². The summed E-state index contributed by atoms with van der Waals surface area (Å²) < 4.78 is 37.4. The maximum atomic E-state index is 12.1. The molecule has 0 aromatic heterocycles. The molecule has 0 unspecified atom stereocenters. The SMILES string of the molecule is COC(=O)c1ccccc1O[C@@H]1O[C@H](COC(C)=O)[C@@H](OC(C)=O)[C@H](OC(C)=O)[C@H]1OC(C)=O. The zero-order valence-electron chi connectivity index (χ0n) is 19.3. The number of methoxy groups -OCH3 is 1. The molecule has 0 N–H and O–H groups in total. The molecule has 0 bridgehead atoms. The van der Waals surface area contributed by atoms with Crippen LogP contribution in [0, 0.1) is 0 Å². The summed E-state index contributed by atoms with van der Waals surface area (Å²) in [5, 5.41) is 0. The first-order valence-corrected chi connectivity index (χ1v) is 10.2. The molecule has 5 atom stereocenters. The monoisotopic (exact) mass is 482 g/mol. The Kier molecular flexibility index (Phi) is 9.36. The summed E-state index contributed by atoms with van der Waals surface area (Å²) in [5.41, 5.74) is 0.0397. The molecular weight excluding hydrogens is 456 g/mol. The van der Waals surface area contributed by atoms with E-state index in [9.17, 15) is 24.0 Å². The summed E-state index contributed by atoms with van der Waals surface area (Å²) in [6.07, 6.45) is -6.79. The molecule has 12 nitrogen and oxygen atoms in total. The Morgan fingerprint density at radius 1 is 0.794 bits per heavy atom. The number of carbonyl (C=O) groups excluding carboxylic acids is 5. The fourth-order valence-corrected chi connectivity index (χ4v) is 3.26. The molecule has 1 aromatic carbocycles. The first-order chi connectivity index (χ1) is 16.0. The second-order valence-electron chi connectivity index (χ2n) is 7.17. The van der Waals surface area contributed by atoms with Crippen LogP contribution in [0.2, 0.25) is 0 Å². The third-order valence-electron chi connectivity index (χ3n) is 4.48. The van der Waals surface area contributed by atoms with Crippen LogP contribution in [-0.4, -0.2) is 74.3 Å². The molecule has 1 heterocycles. The largest absolute Gasteiger partial charge is 0.465 e. The van der Waals surface area contributed by atoms with E-state index < -0.39 is 67.2 Å². The van der Waals surface area contributed by atoms with Gasteiger partial charge < -0.3 is 33.2 Å². The lowest BCUT2D eigenvalue weighted by atomic mass is 9.98. The van der Waals surface area contributed by atoms with E-state index in [1.807, 2.05) is 0 Å². The smallest absolute Gasteiger partial charge is 0.341 e. The Morgan fingerprint density at radius 2 is 1.35 bits per heavy atom. The fraction of sp³-hybridized carbons (Fsp3) is 0.500. The van der Waals surface area contributed by atoms with Crippen molar-refractivity contribution in [2.75, 3.05) is 13.7 Å². The number of para-hydroxylation sites is 1. The van der Waals surface area contributed by atoms with E-state index in [2.05, 4.69) is 0 Å². The van der Waals surface area contributed by atoms with Crippen LogP contribution in [0.25, 0.3) is 0 Å². The highest BCUT2D eigenvalue weighted by Crippen LogP contribution is 2.32. The van der Waals surface area contributed by atoms with Gasteiger partial charge in [0.05, 0.1) is 7.11 Å². The topological polar surface area (TPSA) is 150 Å². The van der Waals surface area contributed by atoms with Gasteiger partial charge in [-0.05, 0) is 12.1 Å². The molecule has 1 aliphatic rings. The minimum absolute atomic E-state index is 0.00949. The molecule has 0 spiro atoms. The van der Waals surface area contributed by atoms with Crippen molar-refractivity contribution < 1.29 is 57.1 Å². The van der Waals surface area contributed by atoms with Gasteiger partial charge in [0, 0.05) is 27.7 Å². The van der Waals surface area contributed by atoms with E-state index in [0.717, 1.165) is 27.7 Å². The third kappa shape index (κ3) is 7.17. The summed E-state index contributed by atoms with van der Waals surface area (Å²) in [4.78, 5) is 59.0. The first kappa shape index (κ1) is 26.6. The number of benzene rings is 1. The van der Waals surface area contributed by atoms with Crippen LogP contribution in [0.3, 0.4) is 0 Å². The number of esters is 5. The van der Waals surface area contributed by atoms with Gasteiger partial charge in [0.2, 0.25) is 12.4 Å². The van der Waals surface area contributed by atoms with E-state index in [0.29, 0.717) is 0 Å². The van der Waals surface area contributed by atoms with Crippen LogP contribution in [-0.2, 0) is 47.6 Å². The van der Waals surface area contributed by atoms with E-state index >= 15 is 0 Å². The lowest BCUT2D eigenvalue weighted by Gasteiger charge is -2.44. The zero-order chi connectivity index (χ0) is 25.4. The van der Waals surface area contributed by atoms with Crippen LogP contribution in [0.15, 0.2) is 24.3 Å². The second-order valence-corrected chi connectivity index (χ2v) is 7.17. The Balaban J connectivity index is 2.52. The van der Waals surface area contributed by atoms with Crippen LogP contribution in [0.4, 0.5) is 0 Å². The molecule has 0 aliphatic carbocycles. The molecule has 186 valence electrons. The molecule has 12 heteroatoms. The normalized spacial score (nSPS) is 23.7. The van der Waals surface area contributed by atoms with Crippen molar-refractivity contribution in [1.29, 1.82) is 0 Å². The molecule has 2 rings (SSSR count). The van der Waals surface area contributed by atoms with Crippen LogP contribution >= 0.6 is 0 Å². The van der Waals surface area contributed by atoms with Gasteiger partial charge in [0.25, 0.3) is 0 Å². The average molecular weight is 482 g/mol. The lowest BCUT2D eigenvalue weighted by Crippen LogP contribution is -2.63. The molecule has 1 saturated heterocycles. The Bertz CT molecular complexity index is 926. The number of ether oxygens (including phenoxy) is 7. The quantitative estimate of drug-likeness (QED) is 0.383. The molecule has 1 fully saturated rings. The summed E-state index contributed by atoms with van der Waals surface area (Å²) in [6.45, 7) is 4.08. The first-order valence-electron chi connectivity index (χ1n) is 10.2. The van der Waals surface area contributed by atoms with Gasteiger partial charge in [0.15, 0.2) is 12.2 Å². The van der Waals surface area contributed by atoms with Crippen LogP contribution in [0.1, 0.15) is 38.1 Å². The maximum absolute atomic E-state index is 12.1. The van der Waals surface area contributed by atoms with Crippen molar-refractivity contribution in [3.63, 3.8) is 0 Å². The second kappa shape index (κ2) is 12.0. The number of carbonyl (C=O) groups is 5. The summed E-state index contributed by atoms with van der Waals surface area (Å²) >= 11 is 0. The summed E-state index contributed by atoms with van der Waals surface area (Å²) in [5.74, 6) is -3.65. The average Bonchev–Trinajstić information content (AvgIpc) is 2.75. The van der Waals surface area contributed by atoms with Gasteiger partial charge in [-0.15, -0.1) is 0 Å². The van der Waals surface area contributed by atoms with Crippen molar-refractivity contribution in [2.45, 2.75) is 58.4 Å². The standard InChI is InChI=1S/C22H26O12/c1-11(23)29-10-17-18(30-12(2)24)19(31-13(3)25)20(32-14(4)26)22(34-17)33-16-9-7-6-8-15(16)21(27)28-5/h6-9,17-20,22H,10H2,1-5H3/t17-,18-,19+,20-,22-/m1/s1. The predicted molar refractivity (Wildman–Crippen MR) is 110 cm³/mol. The van der Waals surface area contributed by atoms with E-state index in [1.54, 1.807) is 12.1 Å². The van der Waals surface area contributed by atoms with Crippen LogP contribution in [0.5, 0.6) is 5.75 Å². The van der Waals surface area contributed by atoms with Gasteiger partial charge in [0.1, 0.15) is 24.0 Å². The molecular formula is C22H26O12. The zero-order valence-corrected chi connectivity index (χ0v) is 19.3. The van der Waals surface area contributed by atoms with Gasteiger partial charge in [-0.1, -0.05) is 12.1 Å². The van der Waals surface area contributed by atoms with Crippen LogP contribution < -0.4 is 4.74 Å². The molecule has 0 radical (unpaired) electrons. The van der Waals surface area contributed by atoms with Crippen molar-refractivity contribution >= 4 is 29.8 Å². The van der Waals surface area contributed by atoms with Crippen molar-refractivity contribution in [3.05, 3.63) is 29.8 Å². The van der Waals surface area contributed by atoms with E-state index in [1.165, 1.54) is 19.2 Å². The number of hydrogen-bond donors (Lipinski definition) is 0. The van der Waals surface area contributed by atoms with Gasteiger partial charge in [-0.2, -0.15) is 0 Å². The Hall–Kier alpha value is -3.67. The Morgan fingerprint density at radius 3 is 1.91 bits per heavy atom. The Labute approximate surface area is 195 Å². The highest BCUT2D eigenvalue weighted by Gasteiger charge is 2.53. The van der Waals surface area contributed by atoms with Gasteiger partial charge >= 0.3 is 29.8 Å². The molecule has 1 aromatic rings. The molecule has 1 aliphatic heterocycles. The fourth-order valence-electron chi connectivity index (χ4n) is 3.26. The van der Waals surface area contributed by atoms with Gasteiger partial charge in [-0.3, -0.25) is 19.2 Å². The predicted octanol–water partition coefficient (Wildman–Crippen LogP) is 0.935. The molecule has 34 heavy (non-hydrogen) atoms. The minimum atomic E-state index is -1.47. The number of hydrogen-bond acceptors (Lipinski definition) is 12. The lowest BCUT2D eigenvalue weighted by molar-refractivity contribution is -0.288. The highest BCUT2D eigenvalue weighted by molar-refractivity contribution is 5.92. The highest BCUT2D eigenvalue weighted by atomic mass is 16.7. The third-order valence-corrected chi connectivity index (χ3v) is 4.48. The summed E-state index contributed by atoms with van der Waals surface area (Å²) in [7, 11) is 1.19. The van der Waals surface area contributed by atoms with Crippen molar-refractivity contribution in [3.8, 4) is 5.75 Å². The maximum Gasteiger partial charge on any atom is 0.341 e. The van der Waals surface area contributed by atoms with E-state index in [-0.39, 0.29) is 11.3 Å². The van der Waals surface area contributed by atoms with E-state index in [4.69, 9.17) is 33.2 Å². The molecule has 0 amide bonds. The number of rotatable bonds is 8. The van der Waals surface area contributed by atoms with Gasteiger partial charge in [-0.25, -0.2) is 4.79 Å². The minimum Gasteiger partial charge on any atom is -0.465 e. The van der Waals surface area contributed by atoms with Crippen molar-refractivity contribution in [2.24, 2.45) is 0 Å².